The molecule has 2 nitrogen and oxygen atoms in total. The first-order chi connectivity index (χ1) is 9.00. The highest BCUT2D eigenvalue weighted by Crippen LogP contribution is 2.27. The highest BCUT2D eigenvalue weighted by Gasteiger charge is 2.34. The molecule has 0 aromatic heterocycles. The highest BCUT2D eigenvalue weighted by atomic mass is 19.1. The maximum Gasteiger partial charge on any atom is 0.129 e. The van der Waals surface area contributed by atoms with Crippen LogP contribution in [0.4, 0.5) is 8.78 Å². The Morgan fingerprint density at radius 3 is 2.11 bits per heavy atom. The molecule has 1 unspecified atom stereocenters. The van der Waals surface area contributed by atoms with E-state index in [2.05, 4.69) is 0 Å². The largest absolute Gasteiger partial charge is 0.374 e. The molecule has 0 fully saturated rings. The summed E-state index contributed by atoms with van der Waals surface area (Å²) in [5.41, 5.74) is 5.69. The fourth-order valence-electron chi connectivity index (χ4n) is 2.51. The Morgan fingerprint density at radius 1 is 1.16 bits per heavy atom. The number of rotatable bonds is 7. The summed E-state index contributed by atoms with van der Waals surface area (Å²) in [5.74, 6) is -1.10. The molecule has 1 rings (SSSR count). The lowest BCUT2D eigenvalue weighted by Gasteiger charge is -2.37. The van der Waals surface area contributed by atoms with Crippen molar-refractivity contribution >= 4 is 0 Å². The molecule has 0 spiro atoms. The maximum atomic E-state index is 13.7. The third-order valence-corrected chi connectivity index (χ3v) is 3.79. The third kappa shape index (κ3) is 3.51. The van der Waals surface area contributed by atoms with Crippen LogP contribution >= 0.6 is 0 Å². The van der Waals surface area contributed by atoms with Gasteiger partial charge in [-0.2, -0.15) is 0 Å². The van der Waals surface area contributed by atoms with Gasteiger partial charge in [0.05, 0.1) is 5.60 Å². The molecule has 0 aliphatic rings. The van der Waals surface area contributed by atoms with E-state index < -0.39 is 23.3 Å². The predicted molar refractivity (Wildman–Crippen MR) is 73.0 cm³/mol. The molecule has 19 heavy (non-hydrogen) atoms. The monoisotopic (exact) mass is 271 g/mol. The minimum absolute atomic E-state index is 0.0426. The van der Waals surface area contributed by atoms with Gasteiger partial charge in [-0.05, 0) is 38.3 Å². The Balaban J connectivity index is 2.96. The van der Waals surface area contributed by atoms with Crippen LogP contribution < -0.4 is 5.73 Å². The van der Waals surface area contributed by atoms with Crippen LogP contribution in [0, 0.1) is 11.6 Å². The molecule has 1 aromatic rings. The zero-order chi connectivity index (χ0) is 14.5. The summed E-state index contributed by atoms with van der Waals surface area (Å²) in [4.78, 5) is 0. The van der Waals surface area contributed by atoms with Gasteiger partial charge >= 0.3 is 0 Å². The first kappa shape index (κ1) is 16.1. The average molecular weight is 271 g/mol. The first-order valence-electron chi connectivity index (χ1n) is 6.83. The molecule has 108 valence electrons. The molecule has 0 bridgehead atoms. The van der Waals surface area contributed by atoms with Crippen molar-refractivity contribution in [3.63, 3.8) is 0 Å². The molecule has 2 N–H and O–H groups in total. The Morgan fingerprint density at radius 2 is 1.68 bits per heavy atom. The molecule has 0 aliphatic heterocycles. The molecular weight excluding hydrogens is 248 g/mol. The van der Waals surface area contributed by atoms with E-state index in [1.54, 1.807) is 0 Å². The SMILES string of the molecule is CCOC(CC)(CC)C(N)Cc1c(F)cccc1F. The summed E-state index contributed by atoms with van der Waals surface area (Å²) in [6.07, 6.45) is 1.57. The molecule has 0 aliphatic carbocycles. The molecule has 0 amide bonds. The van der Waals surface area contributed by atoms with E-state index >= 15 is 0 Å². The van der Waals surface area contributed by atoms with Crippen LogP contribution in [-0.2, 0) is 11.2 Å². The van der Waals surface area contributed by atoms with E-state index in [0.29, 0.717) is 19.4 Å². The summed E-state index contributed by atoms with van der Waals surface area (Å²) in [7, 11) is 0. The Labute approximate surface area is 114 Å². The van der Waals surface area contributed by atoms with Crippen molar-refractivity contribution in [3.05, 3.63) is 35.4 Å². The predicted octanol–water partition coefficient (Wildman–Crippen LogP) is 3.43. The molecule has 1 atom stereocenters. The summed E-state index contributed by atoms with van der Waals surface area (Å²) < 4.78 is 33.1. The van der Waals surface area contributed by atoms with Crippen LogP contribution in [0.25, 0.3) is 0 Å². The molecule has 0 radical (unpaired) electrons. The van der Waals surface area contributed by atoms with Crippen LogP contribution in [0.15, 0.2) is 18.2 Å². The number of hydrogen-bond donors (Lipinski definition) is 1. The summed E-state index contributed by atoms with van der Waals surface area (Å²) in [6.45, 7) is 6.40. The summed E-state index contributed by atoms with van der Waals surface area (Å²) >= 11 is 0. The number of hydrogen-bond acceptors (Lipinski definition) is 2. The van der Waals surface area contributed by atoms with Gasteiger partial charge in [0.25, 0.3) is 0 Å². The quantitative estimate of drug-likeness (QED) is 0.824. The summed E-state index contributed by atoms with van der Waals surface area (Å²) in [6, 6.07) is 3.43. The summed E-state index contributed by atoms with van der Waals surface area (Å²) in [5, 5.41) is 0. The van der Waals surface area contributed by atoms with Crippen molar-refractivity contribution < 1.29 is 13.5 Å². The van der Waals surface area contributed by atoms with Crippen molar-refractivity contribution in [2.75, 3.05) is 6.61 Å². The van der Waals surface area contributed by atoms with Crippen LogP contribution in [0.1, 0.15) is 39.2 Å². The maximum absolute atomic E-state index is 13.7. The van der Waals surface area contributed by atoms with E-state index in [4.69, 9.17) is 10.5 Å². The Hall–Kier alpha value is -1.00. The molecule has 0 saturated heterocycles. The molecular formula is C15H23F2NO. The van der Waals surface area contributed by atoms with Gasteiger partial charge in [0.2, 0.25) is 0 Å². The Bertz CT molecular complexity index is 385. The van der Waals surface area contributed by atoms with Gasteiger partial charge in [0.15, 0.2) is 0 Å². The van der Waals surface area contributed by atoms with Gasteiger partial charge in [0, 0.05) is 18.2 Å². The molecule has 0 heterocycles. The van der Waals surface area contributed by atoms with Crippen LogP contribution in [-0.4, -0.2) is 18.2 Å². The van der Waals surface area contributed by atoms with Crippen LogP contribution in [0.5, 0.6) is 0 Å². The normalized spacial score (nSPS) is 13.6. The van der Waals surface area contributed by atoms with Gasteiger partial charge in [-0.15, -0.1) is 0 Å². The zero-order valence-corrected chi connectivity index (χ0v) is 11.9. The van der Waals surface area contributed by atoms with Gasteiger partial charge < -0.3 is 10.5 Å². The van der Waals surface area contributed by atoms with E-state index in [-0.39, 0.29) is 12.0 Å². The second-order valence-corrected chi connectivity index (χ2v) is 4.72. The van der Waals surface area contributed by atoms with E-state index in [9.17, 15) is 8.78 Å². The van der Waals surface area contributed by atoms with Crippen molar-refractivity contribution in [2.45, 2.75) is 51.7 Å². The van der Waals surface area contributed by atoms with Gasteiger partial charge in [-0.25, -0.2) is 8.78 Å². The van der Waals surface area contributed by atoms with E-state index in [1.165, 1.54) is 18.2 Å². The second kappa shape index (κ2) is 6.96. The van der Waals surface area contributed by atoms with E-state index in [0.717, 1.165) is 0 Å². The smallest absolute Gasteiger partial charge is 0.129 e. The van der Waals surface area contributed by atoms with Crippen molar-refractivity contribution in [1.82, 2.24) is 0 Å². The van der Waals surface area contributed by atoms with Crippen molar-refractivity contribution in [3.8, 4) is 0 Å². The molecule has 0 saturated carbocycles. The van der Waals surface area contributed by atoms with E-state index in [1.807, 2.05) is 20.8 Å². The minimum Gasteiger partial charge on any atom is -0.374 e. The number of nitrogens with two attached hydrogens (primary N) is 1. The van der Waals surface area contributed by atoms with Gasteiger partial charge in [-0.1, -0.05) is 19.9 Å². The minimum atomic E-state index is -0.548. The number of benzene rings is 1. The standard InChI is InChI=1S/C15H23F2NO/c1-4-15(5-2,19-6-3)14(18)10-11-12(16)8-7-9-13(11)17/h7-9,14H,4-6,10,18H2,1-3H3. The lowest BCUT2D eigenvalue weighted by molar-refractivity contribution is -0.0635. The lowest BCUT2D eigenvalue weighted by atomic mass is 9.84. The topological polar surface area (TPSA) is 35.2 Å². The average Bonchev–Trinajstić information content (AvgIpc) is 2.40. The third-order valence-electron chi connectivity index (χ3n) is 3.79. The number of halogens is 2. The molecule has 4 heteroatoms. The fraction of sp³-hybridized carbons (Fsp3) is 0.600. The van der Waals surface area contributed by atoms with Crippen LogP contribution in [0.3, 0.4) is 0 Å². The fourth-order valence-corrected chi connectivity index (χ4v) is 2.51. The molecule has 1 aromatic carbocycles. The first-order valence-corrected chi connectivity index (χ1v) is 6.83. The van der Waals surface area contributed by atoms with Gasteiger partial charge in [0.1, 0.15) is 11.6 Å². The van der Waals surface area contributed by atoms with Crippen molar-refractivity contribution in [2.24, 2.45) is 5.73 Å². The highest BCUT2D eigenvalue weighted by molar-refractivity contribution is 5.21. The van der Waals surface area contributed by atoms with Crippen LogP contribution in [0.2, 0.25) is 0 Å². The van der Waals surface area contributed by atoms with Gasteiger partial charge in [-0.3, -0.25) is 0 Å². The second-order valence-electron chi connectivity index (χ2n) is 4.72. The zero-order valence-electron chi connectivity index (χ0n) is 11.9. The Kier molecular flexibility index (Phi) is 5.88. The van der Waals surface area contributed by atoms with Crippen molar-refractivity contribution in [1.29, 1.82) is 0 Å². The number of ether oxygens (including phenoxy) is 1. The lowest BCUT2D eigenvalue weighted by Crippen LogP contribution is -2.50.